The smallest absolute Gasteiger partial charge is 0.264 e. The van der Waals surface area contributed by atoms with Gasteiger partial charge in [0.1, 0.15) is 25.8 Å². The molecule has 44 heavy (non-hydrogen) atoms. The molecule has 5 rings (SSSR count). The van der Waals surface area contributed by atoms with Gasteiger partial charge in [-0.3, -0.25) is 13.9 Å². The number of fused-ring (bicyclic) bond motifs is 1. The van der Waals surface area contributed by atoms with Crippen LogP contribution in [0.1, 0.15) is 11.1 Å². The van der Waals surface area contributed by atoms with E-state index in [0.717, 1.165) is 15.4 Å². The van der Waals surface area contributed by atoms with Crippen molar-refractivity contribution in [1.82, 2.24) is 10.2 Å². The summed E-state index contributed by atoms with van der Waals surface area (Å²) in [6, 6.07) is 28.0. The van der Waals surface area contributed by atoms with Crippen LogP contribution >= 0.6 is 11.6 Å². The van der Waals surface area contributed by atoms with Gasteiger partial charge in [-0.05, 0) is 47.5 Å². The summed E-state index contributed by atoms with van der Waals surface area (Å²) in [6.07, 6.45) is 0.218. The molecule has 0 aliphatic carbocycles. The number of carbonyl (C=O) groups excluding carboxylic acids is 2. The maximum atomic E-state index is 14.4. The van der Waals surface area contributed by atoms with Crippen LogP contribution in [0.3, 0.4) is 0 Å². The summed E-state index contributed by atoms with van der Waals surface area (Å²) < 4.78 is 40.6. The molecule has 0 aromatic heterocycles. The van der Waals surface area contributed by atoms with Crippen molar-refractivity contribution in [3.8, 4) is 11.5 Å². The van der Waals surface area contributed by atoms with Crippen molar-refractivity contribution in [2.75, 3.05) is 31.1 Å². The fourth-order valence-corrected chi connectivity index (χ4v) is 6.50. The summed E-state index contributed by atoms with van der Waals surface area (Å²) in [4.78, 5) is 29.2. The number of ether oxygens (including phenoxy) is 2. The third kappa shape index (κ3) is 7.15. The number of nitrogens with one attached hydrogen (secondary N) is 1. The summed E-state index contributed by atoms with van der Waals surface area (Å²) in [7, 11) is -2.72. The number of carbonyl (C=O) groups is 2. The fourth-order valence-electron chi connectivity index (χ4n) is 4.94. The van der Waals surface area contributed by atoms with E-state index in [1.165, 1.54) is 24.1 Å². The highest BCUT2D eigenvalue weighted by atomic mass is 35.5. The highest BCUT2D eigenvalue weighted by Crippen LogP contribution is 2.36. The van der Waals surface area contributed by atoms with E-state index in [4.69, 9.17) is 21.1 Å². The molecule has 1 heterocycles. The van der Waals surface area contributed by atoms with Gasteiger partial charge in [0.25, 0.3) is 10.0 Å². The summed E-state index contributed by atoms with van der Waals surface area (Å²) in [5.41, 5.74) is 1.79. The minimum atomic E-state index is -4.23. The molecule has 1 N–H and O–H groups in total. The van der Waals surface area contributed by atoms with Crippen LogP contribution in [0.25, 0.3) is 0 Å². The Labute approximate surface area is 262 Å². The van der Waals surface area contributed by atoms with Crippen molar-refractivity contribution in [3.63, 3.8) is 0 Å². The Bertz CT molecular complexity index is 1700. The topological polar surface area (TPSA) is 105 Å². The zero-order valence-electron chi connectivity index (χ0n) is 24.1. The minimum Gasteiger partial charge on any atom is -0.486 e. The van der Waals surface area contributed by atoms with E-state index >= 15 is 0 Å². The van der Waals surface area contributed by atoms with Gasteiger partial charge in [-0.15, -0.1) is 0 Å². The molecule has 0 radical (unpaired) electrons. The molecular weight excluding hydrogens is 602 g/mol. The average molecular weight is 634 g/mol. The molecule has 0 saturated heterocycles. The molecule has 228 valence electrons. The van der Waals surface area contributed by atoms with Crippen LogP contribution in [0.4, 0.5) is 5.69 Å². The number of hydrogen-bond donors (Lipinski definition) is 1. The van der Waals surface area contributed by atoms with Crippen LogP contribution < -0.4 is 19.1 Å². The molecule has 1 aliphatic rings. The second-order valence-electron chi connectivity index (χ2n) is 10.1. The molecule has 2 amide bonds. The van der Waals surface area contributed by atoms with Crippen molar-refractivity contribution in [1.29, 1.82) is 0 Å². The predicted molar refractivity (Wildman–Crippen MR) is 168 cm³/mol. The van der Waals surface area contributed by atoms with E-state index in [2.05, 4.69) is 5.32 Å². The van der Waals surface area contributed by atoms with Gasteiger partial charge in [0.05, 0.1) is 10.6 Å². The second kappa shape index (κ2) is 13.8. The molecule has 0 spiro atoms. The third-order valence-corrected chi connectivity index (χ3v) is 9.25. The first kappa shape index (κ1) is 30.9. The van der Waals surface area contributed by atoms with Crippen LogP contribution in [0.5, 0.6) is 11.5 Å². The van der Waals surface area contributed by atoms with Gasteiger partial charge in [0.15, 0.2) is 11.5 Å². The van der Waals surface area contributed by atoms with Gasteiger partial charge >= 0.3 is 0 Å². The molecular formula is C33H32ClN3O6S. The molecule has 0 unspecified atom stereocenters. The van der Waals surface area contributed by atoms with E-state index in [0.29, 0.717) is 29.7 Å². The predicted octanol–water partition coefficient (Wildman–Crippen LogP) is 4.69. The Morgan fingerprint density at radius 3 is 2.14 bits per heavy atom. The summed E-state index contributed by atoms with van der Waals surface area (Å²) in [5.74, 6) is -0.0954. The van der Waals surface area contributed by atoms with Gasteiger partial charge in [0.2, 0.25) is 11.8 Å². The van der Waals surface area contributed by atoms with E-state index < -0.39 is 28.5 Å². The summed E-state index contributed by atoms with van der Waals surface area (Å²) in [5, 5.41) is 3.20. The minimum absolute atomic E-state index is 0.0130. The van der Waals surface area contributed by atoms with Gasteiger partial charge in [-0.1, -0.05) is 72.3 Å². The average Bonchev–Trinajstić information content (AvgIpc) is 3.06. The lowest BCUT2D eigenvalue weighted by molar-refractivity contribution is -0.139. The van der Waals surface area contributed by atoms with Crippen molar-refractivity contribution in [3.05, 3.63) is 119 Å². The lowest BCUT2D eigenvalue weighted by atomic mass is 10.0. The molecule has 9 nitrogen and oxygen atoms in total. The number of amides is 2. The van der Waals surface area contributed by atoms with E-state index in [1.54, 1.807) is 60.7 Å². The Hall–Kier alpha value is -4.54. The molecule has 0 saturated carbocycles. The Morgan fingerprint density at radius 2 is 1.48 bits per heavy atom. The molecule has 11 heteroatoms. The van der Waals surface area contributed by atoms with Gasteiger partial charge in [0, 0.05) is 31.1 Å². The number of benzene rings is 4. The highest BCUT2D eigenvalue weighted by molar-refractivity contribution is 7.92. The molecule has 0 bridgehead atoms. The van der Waals surface area contributed by atoms with E-state index in [9.17, 15) is 18.0 Å². The maximum absolute atomic E-state index is 14.4. The number of anilines is 1. The standard InChI is InChI=1S/C33H32ClN3O6S/c1-35-33(39)29(20-24-8-4-2-5-9-24)36(22-25-12-14-26(34)15-13-25)32(38)23-37(44(40,41)28-10-6-3-7-11-28)27-16-17-30-31(21-27)43-19-18-42-30/h2-17,21,29H,18-20,22-23H2,1H3,(H,35,39)/t29-/m1/s1. The maximum Gasteiger partial charge on any atom is 0.264 e. The van der Waals surface area contributed by atoms with Crippen LogP contribution in [0.15, 0.2) is 108 Å². The molecule has 4 aromatic carbocycles. The summed E-state index contributed by atoms with van der Waals surface area (Å²) in [6.45, 7) is 0.149. The quantitative estimate of drug-likeness (QED) is 0.257. The Balaban J connectivity index is 1.57. The number of sulfonamides is 1. The second-order valence-corrected chi connectivity index (χ2v) is 12.4. The Kier molecular flexibility index (Phi) is 9.72. The largest absolute Gasteiger partial charge is 0.486 e. The number of rotatable bonds is 11. The van der Waals surface area contributed by atoms with Crippen LogP contribution in [-0.4, -0.2) is 58.0 Å². The lowest BCUT2D eigenvalue weighted by Gasteiger charge is -2.33. The van der Waals surface area contributed by atoms with Crippen LogP contribution in [0.2, 0.25) is 5.02 Å². The van der Waals surface area contributed by atoms with Gasteiger partial charge < -0.3 is 19.7 Å². The summed E-state index contributed by atoms with van der Waals surface area (Å²) >= 11 is 6.11. The normalized spacial score (nSPS) is 13.0. The van der Waals surface area contributed by atoms with Gasteiger partial charge in [-0.25, -0.2) is 8.42 Å². The molecule has 1 aliphatic heterocycles. The number of likely N-dealkylation sites (N-methyl/N-ethyl adjacent to an activating group) is 1. The number of nitrogens with zero attached hydrogens (tertiary/aromatic N) is 2. The number of hydrogen-bond acceptors (Lipinski definition) is 6. The van der Waals surface area contributed by atoms with Crippen molar-refractivity contribution in [2.24, 2.45) is 0 Å². The first-order chi connectivity index (χ1) is 21.3. The zero-order valence-corrected chi connectivity index (χ0v) is 25.6. The van der Waals surface area contributed by atoms with Crippen LogP contribution in [0, 0.1) is 0 Å². The third-order valence-electron chi connectivity index (χ3n) is 7.21. The van der Waals surface area contributed by atoms with Crippen LogP contribution in [-0.2, 0) is 32.6 Å². The SMILES string of the molecule is CNC(=O)[C@@H](Cc1ccccc1)N(Cc1ccc(Cl)cc1)C(=O)CN(c1ccc2c(c1)OCCO2)S(=O)(=O)c1ccccc1. The first-order valence-electron chi connectivity index (χ1n) is 14.0. The van der Waals surface area contributed by atoms with E-state index in [-0.39, 0.29) is 29.5 Å². The fraction of sp³-hybridized carbons (Fsp3) is 0.212. The van der Waals surface area contributed by atoms with E-state index in [1.807, 2.05) is 30.3 Å². The molecule has 1 atom stereocenters. The monoisotopic (exact) mass is 633 g/mol. The Morgan fingerprint density at radius 1 is 0.841 bits per heavy atom. The van der Waals surface area contributed by atoms with Crippen molar-refractivity contribution < 1.29 is 27.5 Å². The molecule has 0 fully saturated rings. The van der Waals surface area contributed by atoms with Crippen molar-refractivity contribution in [2.45, 2.75) is 23.9 Å². The molecule has 4 aromatic rings. The lowest BCUT2D eigenvalue weighted by Crippen LogP contribution is -2.53. The van der Waals surface area contributed by atoms with Gasteiger partial charge in [-0.2, -0.15) is 0 Å². The van der Waals surface area contributed by atoms with Crippen molar-refractivity contribution >= 4 is 39.1 Å². The number of halogens is 1. The first-order valence-corrected chi connectivity index (χ1v) is 15.8. The highest BCUT2D eigenvalue weighted by Gasteiger charge is 2.34. The zero-order chi connectivity index (χ0) is 31.1.